The number of hydrogen-bond donors (Lipinski definition) is 0. The molecule has 2 rings (SSSR count). The molecule has 0 atom stereocenters. The van der Waals surface area contributed by atoms with E-state index >= 15 is 0 Å². The standard InChI is InChI=1S/C10H6ClFN2/c11-9-4-8(6-14-10(9)12)7-2-1-3-13-5-7/h1-6H. The van der Waals surface area contributed by atoms with Gasteiger partial charge in [0.15, 0.2) is 0 Å². The molecule has 0 aliphatic carbocycles. The van der Waals surface area contributed by atoms with Crippen LogP contribution in [0.25, 0.3) is 11.1 Å². The first-order valence-corrected chi connectivity index (χ1v) is 4.36. The predicted octanol–water partition coefficient (Wildman–Crippen LogP) is 2.94. The second kappa shape index (κ2) is 3.72. The topological polar surface area (TPSA) is 25.8 Å². The summed E-state index contributed by atoms with van der Waals surface area (Å²) in [6.45, 7) is 0. The van der Waals surface area contributed by atoms with Crippen LogP contribution in [-0.4, -0.2) is 9.97 Å². The van der Waals surface area contributed by atoms with Crippen LogP contribution in [-0.2, 0) is 0 Å². The molecular weight excluding hydrogens is 203 g/mol. The number of aromatic nitrogens is 2. The third-order valence-corrected chi connectivity index (χ3v) is 2.06. The maximum Gasteiger partial charge on any atom is 0.231 e. The molecule has 0 saturated heterocycles. The van der Waals surface area contributed by atoms with Crippen LogP contribution in [0, 0.1) is 5.95 Å². The van der Waals surface area contributed by atoms with Crippen molar-refractivity contribution in [2.24, 2.45) is 0 Å². The lowest BCUT2D eigenvalue weighted by atomic mass is 10.1. The number of nitrogens with zero attached hydrogens (tertiary/aromatic N) is 2. The third kappa shape index (κ3) is 1.72. The van der Waals surface area contributed by atoms with Gasteiger partial charge in [-0.1, -0.05) is 17.7 Å². The van der Waals surface area contributed by atoms with Crippen molar-refractivity contribution < 1.29 is 4.39 Å². The minimum absolute atomic E-state index is 0.0198. The summed E-state index contributed by atoms with van der Waals surface area (Å²) in [5.41, 5.74) is 1.62. The number of rotatable bonds is 1. The van der Waals surface area contributed by atoms with E-state index in [1.54, 1.807) is 18.5 Å². The van der Waals surface area contributed by atoms with Crippen molar-refractivity contribution >= 4 is 11.6 Å². The number of pyridine rings is 2. The minimum Gasteiger partial charge on any atom is -0.264 e. The van der Waals surface area contributed by atoms with Crippen molar-refractivity contribution in [3.05, 3.63) is 47.8 Å². The lowest BCUT2D eigenvalue weighted by Crippen LogP contribution is -1.86. The first-order valence-electron chi connectivity index (χ1n) is 3.99. The van der Waals surface area contributed by atoms with Crippen LogP contribution in [0.5, 0.6) is 0 Å². The zero-order valence-corrected chi connectivity index (χ0v) is 7.87. The average Bonchev–Trinajstić information content (AvgIpc) is 2.23. The van der Waals surface area contributed by atoms with Gasteiger partial charge in [-0.3, -0.25) is 4.98 Å². The lowest BCUT2D eigenvalue weighted by molar-refractivity contribution is 0.584. The molecule has 0 unspecified atom stereocenters. The van der Waals surface area contributed by atoms with Gasteiger partial charge in [-0.25, -0.2) is 4.98 Å². The van der Waals surface area contributed by atoms with Gasteiger partial charge in [0.1, 0.15) is 0 Å². The second-order valence-electron chi connectivity index (χ2n) is 2.74. The van der Waals surface area contributed by atoms with E-state index in [1.807, 2.05) is 6.07 Å². The van der Waals surface area contributed by atoms with Crippen molar-refractivity contribution in [3.8, 4) is 11.1 Å². The molecule has 0 aromatic carbocycles. The van der Waals surface area contributed by atoms with Gasteiger partial charge in [-0.05, 0) is 12.1 Å². The smallest absolute Gasteiger partial charge is 0.231 e. The Balaban J connectivity index is 2.48. The minimum atomic E-state index is -0.653. The molecule has 70 valence electrons. The van der Waals surface area contributed by atoms with E-state index in [1.165, 1.54) is 12.3 Å². The Morgan fingerprint density at radius 2 is 2.07 bits per heavy atom. The van der Waals surface area contributed by atoms with Crippen molar-refractivity contribution in [1.82, 2.24) is 9.97 Å². The fourth-order valence-corrected chi connectivity index (χ4v) is 1.28. The van der Waals surface area contributed by atoms with Crippen LogP contribution in [0.3, 0.4) is 0 Å². The highest BCUT2D eigenvalue weighted by atomic mass is 35.5. The van der Waals surface area contributed by atoms with Gasteiger partial charge in [0, 0.05) is 29.7 Å². The summed E-state index contributed by atoms with van der Waals surface area (Å²) >= 11 is 5.61. The monoisotopic (exact) mass is 208 g/mol. The summed E-state index contributed by atoms with van der Waals surface area (Å²) in [5.74, 6) is -0.653. The van der Waals surface area contributed by atoms with Gasteiger partial charge in [-0.2, -0.15) is 4.39 Å². The van der Waals surface area contributed by atoms with Crippen LogP contribution in [0.15, 0.2) is 36.8 Å². The molecule has 0 N–H and O–H groups in total. The summed E-state index contributed by atoms with van der Waals surface area (Å²) in [6, 6.07) is 5.19. The van der Waals surface area contributed by atoms with Gasteiger partial charge >= 0.3 is 0 Å². The molecule has 14 heavy (non-hydrogen) atoms. The summed E-state index contributed by atoms with van der Waals surface area (Å²) in [4.78, 5) is 7.48. The molecule has 2 heterocycles. The average molecular weight is 209 g/mol. The van der Waals surface area contributed by atoms with Gasteiger partial charge < -0.3 is 0 Å². The lowest BCUT2D eigenvalue weighted by Gasteiger charge is -2.00. The molecule has 0 bridgehead atoms. The van der Waals surface area contributed by atoms with E-state index in [4.69, 9.17) is 11.6 Å². The molecule has 0 spiro atoms. The van der Waals surface area contributed by atoms with Crippen LogP contribution >= 0.6 is 11.6 Å². The van der Waals surface area contributed by atoms with E-state index in [0.717, 1.165) is 11.1 Å². The summed E-state index contributed by atoms with van der Waals surface area (Å²) in [7, 11) is 0. The van der Waals surface area contributed by atoms with Crippen LogP contribution in [0.1, 0.15) is 0 Å². The van der Waals surface area contributed by atoms with Gasteiger partial charge in [0.2, 0.25) is 5.95 Å². The highest BCUT2D eigenvalue weighted by molar-refractivity contribution is 6.30. The van der Waals surface area contributed by atoms with Crippen molar-refractivity contribution in [2.75, 3.05) is 0 Å². The van der Waals surface area contributed by atoms with Crippen molar-refractivity contribution in [2.45, 2.75) is 0 Å². The molecule has 0 amide bonds. The van der Waals surface area contributed by atoms with Crippen LogP contribution < -0.4 is 0 Å². The molecular formula is C10H6ClFN2. The highest BCUT2D eigenvalue weighted by Gasteiger charge is 2.03. The molecule has 2 aromatic heterocycles. The molecule has 4 heteroatoms. The molecule has 2 nitrogen and oxygen atoms in total. The predicted molar refractivity (Wildman–Crippen MR) is 52.4 cm³/mol. The number of hydrogen-bond acceptors (Lipinski definition) is 2. The largest absolute Gasteiger partial charge is 0.264 e. The first kappa shape index (κ1) is 9.09. The van der Waals surface area contributed by atoms with E-state index in [0.29, 0.717) is 0 Å². The van der Waals surface area contributed by atoms with Crippen molar-refractivity contribution in [3.63, 3.8) is 0 Å². The quantitative estimate of drug-likeness (QED) is 0.674. The Morgan fingerprint density at radius 1 is 1.21 bits per heavy atom. The first-order chi connectivity index (χ1) is 6.77. The Labute approximate surface area is 85.4 Å². The zero-order chi connectivity index (χ0) is 9.97. The van der Waals surface area contributed by atoms with Crippen LogP contribution in [0.4, 0.5) is 4.39 Å². The molecule has 0 aliphatic rings. The zero-order valence-electron chi connectivity index (χ0n) is 7.11. The van der Waals surface area contributed by atoms with Gasteiger partial charge in [-0.15, -0.1) is 0 Å². The van der Waals surface area contributed by atoms with E-state index in [2.05, 4.69) is 9.97 Å². The fraction of sp³-hybridized carbons (Fsp3) is 0. The maximum absolute atomic E-state index is 12.8. The normalized spacial score (nSPS) is 10.1. The Kier molecular flexibility index (Phi) is 2.41. The SMILES string of the molecule is Fc1ncc(-c2cccnc2)cc1Cl. The fourth-order valence-electron chi connectivity index (χ4n) is 1.11. The molecule has 0 fully saturated rings. The van der Waals surface area contributed by atoms with Crippen LogP contribution in [0.2, 0.25) is 5.02 Å². The van der Waals surface area contributed by atoms with E-state index < -0.39 is 5.95 Å². The highest BCUT2D eigenvalue weighted by Crippen LogP contribution is 2.21. The van der Waals surface area contributed by atoms with Crippen molar-refractivity contribution in [1.29, 1.82) is 0 Å². The van der Waals surface area contributed by atoms with Gasteiger partial charge in [0.05, 0.1) is 5.02 Å². The summed E-state index contributed by atoms with van der Waals surface area (Å²) in [5, 5.41) is 0.0198. The molecule has 0 aliphatic heterocycles. The summed E-state index contributed by atoms with van der Waals surface area (Å²) < 4.78 is 12.8. The molecule has 2 aromatic rings. The Morgan fingerprint density at radius 3 is 2.71 bits per heavy atom. The second-order valence-corrected chi connectivity index (χ2v) is 3.15. The molecule has 0 radical (unpaired) electrons. The Bertz CT molecular complexity index is 445. The van der Waals surface area contributed by atoms with E-state index in [-0.39, 0.29) is 5.02 Å². The Hall–Kier alpha value is -1.48. The number of halogens is 2. The van der Waals surface area contributed by atoms with E-state index in [9.17, 15) is 4.39 Å². The molecule has 0 saturated carbocycles. The van der Waals surface area contributed by atoms with Gasteiger partial charge in [0.25, 0.3) is 0 Å². The third-order valence-electron chi connectivity index (χ3n) is 1.79. The summed E-state index contributed by atoms with van der Waals surface area (Å²) in [6.07, 6.45) is 4.77. The maximum atomic E-state index is 12.8.